The molecule has 4 aromatic rings. The summed E-state index contributed by atoms with van der Waals surface area (Å²) in [5.74, 6) is 1.88. The van der Waals surface area contributed by atoms with E-state index < -0.39 is 0 Å². The van der Waals surface area contributed by atoms with Crippen LogP contribution in [0.5, 0.6) is 17.2 Å². The van der Waals surface area contributed by atoms with Crippen LogP contribution in [0.1, 0.15) is 17.3 Å². The Morgan fingerprint density at radius 2 is 1.79 bits per heavy atom. The normalized spacial score (nSPS) is 10.6. The molecule has 0 bridgehead atoms. The van der Waals surface area contributed by atoms with Crippen molar-refractivity contribution >= 4 is 32.6 Å². The van der Waals surface area contributed by atoms with Crippen molar-refractivity contribution in [3.8, 4) is 17.2 Å². The Labute approximate surface area is 166 Å². The van der Waals surface area contributed by atoms with Crippen LogP contribution < -0.4 is 14.8 Å². The Balaban J connectivity index is 1.50. The number of nitrogens with zero attached hydrogens (tertiary/aromatic N) is 1. The third kappa shape index (κ3) is 4.13. The second kappa shape index (κ2) is 8.10. The summed E-state index contributed by atoms with van der Waals surface area (Å²) >= 11 is 1.41. The molecular weight excluding hydrogens is 372 g/mol. The summed E-state index contributed by atoms with van der Waals surface area (Å²) in [6.45, 7) is 2.55. The molecule has 1 heterocycles. The van der Waals surface area contributed by atoms with Crippen molar-refractivity contribution in [1.29, 1.82) is 0 Å². The molecule has 0 fully saturated rings. The number of nitrogens with one attached hydrogen (secondary N) is 1. The van der Waals surface area contributed by atoms with Crippen LogP contribution in [-0.2, 0) is 0 Å². The molecule has 0 aliphatic rings. The predicted octanol–water partition coefficient (Wildman–Crippen LogP) is 5.74. The number of thiazole rings is 1. The summed E-state index contributed by atoms with van der Waals surface area (Å²) in [5.41, 5.74) is 1.33. The SMILES string of the molecule is CCOc1ccc2nc(NC(=O)c3cccc(Oc4ccccc4)c3)sc2c1. The summed E-state index contributed by atoms with van der Waals surface area (Å²) < 4.78 is 12.3. The second-order valence-electron chi connectivity index (χ2n) is 5.98. The first-order valence-corrected chi connectivity index (χ1v) is 9.70. The largest absolute Gasteiger partial charge is 0.494 e. The number of benzene rings is 3. The minimum atomic E-state index is -0.234. The van der Waals surface area contributed by atoms with Crippen molar-refractivity contribution in [3.63, 3.8) is 0 Å². The maximum absolute atomic E-state index is 12.6. The van der Waals surface area contributed by atoms with Gasteiger partial charge in [-0.25, -0.2) is 4.98 Å². The highest BCUT2D eigenvalue weighted by molar-refractivity contribution is 7.22. The van der Waals surface area contributed by atoms with Crippen LogP contribution in [0.25, 0.3) is 10.2 Å². The summed E-state index contributed by atoms with van der Waals surface area (Å²) in [6, 6.07) is 22.2. The van der Waals surface area contributed by atoms with Gasteiger partial charge in [0.05, 0.1) is 16.8 Å². The van der Waals surface area contributed by atoms with Gasteiger partial charge in [0.2, 0.25) is 0 Å². The van der Waals surface area contributed by atoms with Gasteiger partial charge in [0.15, 0.2) is 5.13 Å². The van der Waals surface area contributed by atoms with Crippen molar-refractivity contribution in [3.05, 3.63) is 78.4 Å². The maximum atomic E-state index is 12.6. The van der Waals surface area contributed by atoms with E-state index in [2.05, 4.69) is 10.3 Å². The Bertz CT molecular complexity index is 1110. The van der Waals surface area contributed by atoms with E-state index in [1.165, 1.54) is 11.3 Å². The molecule has 4 rings (SSSR count). The number of carbonyl (C=O) groups is 1. The first kappa shape index (κ1) is 18.0. The van der Waals surface area contributed by atoms with Crippen LogP contribution in [0.3, 0.4) is 0 Å². The van der Waals surface area contributed by atoms with Crippen LogP contribution in [0.2, 0.25) is 0 Å². The fourth-order valence-corrected chi connectivity index (χ4v) is 3.60. The number of ether oxygens (including phenoxy) is 2. The van der Waals surface area contributed by atoms with Gasteiger partial charge in [0.25, 0.3) is 5.91 Å². The minimum absolute atomic E-state index is 0.234. The zero-order valence-electron chi connectivity index (χ0n) is 15.2. The van der Waals surface area contributed by atoms with Crippen LogP contribution in [-0.4, -0.2) is 17.5 Å². The number of para-hydroxylation sites is 1. The zero-order chi connectivity index (χ0) is 19.3. The number of hydrogen-bond acceptors (Lipinski definition) is 5. The highest BCUT2D eigenvalue weighted by atomic mass is 32.1. The Morgan fingerprint density at radius 3 is 2.61 bits per heavy atom. The molecule has 1 N–H and O–H groups in total. The van der Waals surface area contributed by atoms with Crippen molar-refractivity contribution < 1.29 is 14.3 Å². The molecule has 6 heteroatoms. The summed E-state index contributed by atoms with van der Waals surface area (Å²) in [7, 11) is 0. The van der Waals surface area contributed by atoms with E-state index in [9.17, 15) is 4.79 Å². The number of anilines is 1. The lowest BCUT2D eigenvalue weighted by Gasteiger charge is -2.07. The third-order valence-corrected chi connectivity index (χ3v) is 4.90. The van der Waals surface area contributed by atoms with Crippen LogP contribution in [0.15, 0.2) is 72.8 Å². The van der Waals surface area contributed by atoms with Gasteiger partial charge in [0.1, 0.15) is 17.2 Å². The summed E-state index contributed by atoms with van der Waals surface area (Å²) in [4.78, 5) is 17.1. The highest BCUT2D eigenvalue weighted by Crippen LogP contribution is 2.30. The summed E-state index contributed by atoms with van der Waals surface area (Å²) in [5, 5.41) is 3.41. The van der Waals surface area contributed by atoms with E-state index in [1.807, 2.05) is 61.5 Å². The topological polar surface area (TPSA) is 60.5 Å². The third-order valence-electron chi connectivity index (χ3n) is 3.97. The minimum Gasteiger partial charge on any atom is -0.494 e. The van der Waals surface area contributed by atoms with Gasteiger partial charge in [-0.15, -0.1) is 0 Å². The fourth-order valence-electron chi connectivity index (χ4n) is 2.71. The van der Waals surface area contributed by atoms with Crippen molar-refractivity contribution in [2.45, 2.75) is 6.92 Å². The standard InChI is InChI=1S/C22H18N2O3S/c1-2-26-17-11-12-19-20(14-17)28-22(23-19)24-21(25)15-7-6-10-18(13-15)27-16-8-4-3-5-9-16/h3-14H,2H2,1H3,(H,23,24,25). The molecule has 0 aliphatic carbocycles. The van der Waals surface area contributed by atoms with Gasteiger partial charge in [0, 0.05) is 5.56 Å². The number of aromatic nitrogens is 1. The molecule has 0 radical (unpaired) electrons. The van der Waals surface area contributed by atoms with Gasteiger partial charge in [-0.05, 0) is 55.5 Å². The number of rotatable bonds is 6. The molecule has 0 unspecified atom stereocenters. The van der Waals surface area contributed by atoms with Gasteiger partial charge in [-0.3, -0.25) is 10.1 Å². The molecule has 0 atom stereocenters. The molecule has 28 heavy (non-hydrogen) atoms. The lowest BCUT2D eigenvalue weighted by molar-refractivity contribution is 0.102. The van der Waals surface area contributed by atoms with E-state index in [0.717, 1.165) is 21.7 Å². The molecule has 3 aromatic carbocycles. The van der Waals surface area contributed by atoms with Gasteiger partial charge < -0.3 is 9.47 Å². The van der Waals surface area contributed by atoms with E-state index in [0.29, 0.717) is 23.1 Å². The summed E-state index contributed by atoms with van der Waals surface area (Å²) in [6.07, 6.45) is 0. The lowest BCUT2D eigenvalue weighted by Crippen LogP contribution is -2.11. The Kier molecular flexibility index (Phi) is 5.21. The van der Waals surface area contributed by atoms with E-state index in [4.69, 9.17) is 9.47 Å². The Hall–Kier alpha value is -3.38. The first-order chi connectivity index (χ1) is 13.7. The van der Waals surface area contributed by atoms with Crippen LogP contribution >= 0.6 is 11.3 Å². The number of amides is 1. The molecule has 1 amide bonds. The van der Waals surface area contributed by atoms with Gasteiger partial charge >= 0.3 is 0 Å². The van der Waals surface area contributed by atoms with E-state index in [-0.39, 0.29) is 5.91 Å². The van der Waals surface area contributed by atoms with Gasteiger partial charge in [-0.1, -0.05) is 35.6 Å². The average Bonchev–Trinajstić information content (AvgIpc) is 3.11. The zero-order valence-corrected chi connectivity index (χ0v) is 16.0. The second-order valence-corrected chi connectivity index (χ2v) is 7.01. The molecule has 0 saturated carbocycles. The highest BCUT2D eigenvalue weighted by Gasteiger charge is 2.11. The molecular formula is C22H18N2O3S. The maximum Gasteiger partial charge on any atom is 0.257 e. The van der Waals surface area contributed by atoms with Gasteiger partial charge in [-0.2, -0.15) is 0 Å². The van der Waals surface area contributed by atoms with Crippen molar-refractivity contribution in [1.82, 2.24) is 4.98 Å². The number of fused-ring (bicyclic) bond motifs is 1. The molecule has 0 saturated heterocycles. The number of hydrogen-bond donors (Lipinski definition) is 1. The number of carbonyl (C=O) groups excluding carboxylic acids is 1. The van der Waals surface area contributed by atoms with Crippen LogP contribution in [0.4, 0.5) is 5.13 Å². The predicted molar refractivity (Wildman–Crippen MR) is 112 cm³/mol. The molecule has 1 aromatic heterocycles. The smallest absolute Gasteiger partial charge is 0.257 e. The molecule has 5 nitrogen and oxygen atoms in total. The monoisotopic (exact) mass is 390 g/mol. The van der Waals surface area contributed by atoms with E-state index in [1.54, 1.807) is 18.2 Å². The van der Waals surface area contributed by atoms with Crippen LogP contribution in [0, 0.1) is 0 Å². The molecule has 0 aliphatic heterocycles. The molecule has 0 spiro atoms. The van der Waals surface area contributed by atoms with Crippen molar-refractivity contribution in [2.24, 2.45) is 0 Å². The lowest BCUT2D eigenvalue weighted by atomic mass is 10.2. The first-order valence-electron chi connectivity index (χ1n) is 8.89. The van der Waals surface area contributed by atoms with Crippen molar-refractivity contribution in [2.75, 3.05) is 11.9 Å². The Morgan fingerprint density at radius 1 is 0.964 bits per heavy atom. The quantitative estimate of drug-likeness (QED) is 0.456. The van der Waals surface area contributed by atoms with E-state index >= 15 is 0 Å². The molecule has 140 valence electrons. The fraction of sp³-hybridized carbons (Fsp3) is 0.0909. The average molecular weight is 390 g/mol.